The highest BCUT2D eigenvalue weighted by Gasteiger charge is 2.37. The summed E-state index contributed by atoms with van der Waals surface area (Å²) in [5, 5.41) is 5.78. The van der Waals surface area contributed by atoms with Gasteiger partial charge in [-0.05, 0) is 69.3 Å². The number of hydrogen-bond donors (Lipinski definition) is 0. The first-order valence-electron chi connectivity index (χ1n) is 12.0. The van der Waals surface area contributed by atoms with E-state index in [4.69, 9.17) is 4.52 Å². The second kappa shape index (κ2) is 11.2. The molecule has 3 aromatic rings. The highest BCUT2D eigenvalue weighted by atomic mass is 32.2. The van der Waals surface area contributed by atoms with Crippen LogP contribution in [0.4, 0.5) is 8.78 Å². The molecule has 37 heavy (non-hydrogen) atoms. The van der Waals surface area contributed by atoms with Crippen LogP contribution < -0.4 is 0 Å². The van der Waals surface area contributed by atoms with Gasteiger partial charge in [-0.25, -0.2) is 17.2 Å². The van der Waals surface area contributed by atoms with E-state index < -0.39 is 21.7 Å². The molecule has 198 valence electrons. The largest absolute Gasteiger partial charge is 0.355 e. The molecule has 3 heterocycles. The molecule has 0 aliphatic carbocycles. The van der Waals surface area contributed by atoms with Gasteiger partial charge in [0.2, 0.25) is 15.9 Å². The molecular weight excluding hydrogens is 520 g/mol. The van der Waals surface area contributed by atoms with E-state index in [0.717, 1.165) is 17.0 Å². The molecule has 0 spiro atoms. The smallest absolute Gasteiger partial charge is 0.248 e. The third-order valence-corrected chi connectivity index (χ3v) is 9.34. The van der Waals surface area contributed by atoms with Gasteiger partial charge < -0.3 is 9.42 Å². The summed E-state index contributed by atoms with van der Waals surface area (Å²) >= 11 is 1.60. The summed E-state index contributed by atoms with van der Waals surface area (Å²) in [4.78, 5) is 16.2. The lowest BCUT2D eigenvalue weighted by molar-refractivity contribution is -0.139. The predicted octanol–water partition coefficient (Wildman–Crippen LogP) is 5.33. The predicted molar refractivity (Wildman–Crippen MR) is 138 cm³/mol. The number of piperidine rings is 1. The minimum atomic E-state index is -3.98. The van der Waals surface area contributed by atoms with Crippen molar-refractivity contribution >= 4 is 39.4 Å². The van der Waals surface area contributed by atoms with Gasteiger partial charge in [0.25, 0.3) is 0 Å². The standard InChI is InChI=1S/C26H29F2N3O4S2/c1-17(2)31(16-22-5-4-14-36-22)26(32)20-10-12-30(13-11-20)37(33,34)25-18(3)29-35-24(25)9-7-19-6-8-21(27)15-23(19)28/h4-9,14-15,17,20H,10-13,16H2,1-3H3. The van der Waals surface area contributed by atoms with E-state index in [-0.39, 0.29) is 52.9 Å². The van der Waals surface area contributed by atoms with Crippen molar-refractivity contribution in [3.8, 4) is 0 Å². The van der Waals surface area contributed by atoms with Crippen molar-refractivity contribution in [1.29, 1.82) is 0 Å². The molecule has 1 aliphatic heterocycles. The van der Waals surface area contributed by atoms with Gasteiger partial charge in [-0.3, -0.25) is 4.79 Å². The number of sulfonamides is 1. The summed E-state index contributed by atoms with van der Waals surface area (Å²) in [5.41, 5.74) is 0.259. The van der Waals surface area contributed by atoms with Crippen LogP contribution in [0.3, 0.4) is 0 Å². The van der Waals surface area contributed by atoms with Crippen molar-refractivity contribution < 1.29 is 26.5 Å². The number of carbonyl (C=O) groups excluding carboxylic acids is 1. The SMILES string of the molecule is Cc1noc(C=Cc2ccc(F)cc2F)c1S(=O)(=O)N1CCC(C(=O)N(Cc2cccs2)C(C)C)CC1. The van der Waals surface area contributed by atoms with Crippen LogP contribution in [0.1, 0.15) is 48.6 Å². The van der Waals surface area contributed by atoms with Crippen LogP contribution in [0, 0.1) is 24.5 Å². The monoisotopic (exact) mass is 549 g/mol. The van der Waals surface area contributed by atoms with Crippen molar-refractivity contribution in [1.82, 2.24) is 14.4 Å². The van der Waals surface area contributed by atoms with E-state index in [0.29, 0.717) is 19.4 Å². The Bertz CT molecular complexity index is 1380. The molecule has 7 nitrogen and oxygen atoms in total. The maximum atomic E-state index is 14.0. The highest BCUT2D eigenvalue weighted by molar-refractivity contribution is 7.89. The van der Waals surface area contributed by atoms with Crippen molar-refractivity contribution in [2.75, 3.05) is 13.1 Å². The molecule has 0 radical (unpaired) electrons. The molecule has 4 rings (SSSR count). The summed E-state index contributed by atoms with van der Waals surface area (Å²) in [5.74, 6) is -1.76. The molecule has 1 aliphatic rings. The molecule has 0 atom stereocenters. The quantitative estimate of drug-likeness (QED) is 0.379. The molecule has 0 N–H and O–H groups in total. The van der Waals surface area contributed by atoms with Crippen LogP contribution in [0.25, 0.3) is 12.2 Å². The van der Waals surface area contributed by atoms with Crippen molar-refractivity contribution in [3.05, 3.63) is 69.2 Å². The third-order valence-electron chi connectivity index (χ3n) is 6.42. The van der Waals surface area contributed by atoms with Crippen LogP contribution in [0.15, 0.2) is 45.1 Å². The fourth-order valence-corrected chi connectivity index (χ4v) is 6.82. The first-order valence-corrected chi connectivity index (χ1v) is 14.3. The Balaban J connectivity index is 1.47. The zero-order valence-corrected chi connectivity index (χ0v) is 22.5. The number of benzene rings is 1. The second-order valence-corrected chi connectivity index (χ2v) is 12.2. The van der Waals surface area contributed by atoms with Crippen molar-refractivity contribution in [3.63, 3.8) is 0 Å². The summed E-state index contributed by atoms with van der Waals surface area (Å²) in [7, 11) is -3.98. The minimum absolute atomic E-state index is 0.0244. The molecule has 0 unspecified atom stereocenters. The first-order chi connectivity index (χ1) is 17.6. The van der Waals surface area contributed by atoms with E-state index >= 15 is 0 Å². The zero-order chi connectivity index (χ0) is 26.7. The molecule has 2 aromatic heterocycles. The lowest BCUT2D eigenvalue weighted by atomic mass is 9.96. The minimum Gasteiger partial charge on any atom is -0.355 e. The summed E-state index contributed by atoms with van der Waals surface area (Å²) in [6.07, 6.45) is 3.43. The molecule has 0 bridgehead atoms. The molecule has 0 saturated carbocycles. The van der Waals surface area contributed by atoms with Crippen molar-refractivity contribution in [2.24, 2.45) is 5.92 Å². The average molecular weight is 550 g/mol. The topological polar surface area (TPSA) is 83.7 Å². The molecule has 1 amide bonds. The van der Waals surface area contributed by atoms with Gasteiger partial charge in [0.15, 0.2) is 10.7 Å². The average Bonchev–Trinajstić information content (AvgIpc) is 3.51. The maximum Gasteiger partial charge on any atom is 0.248 e. The number of carbonyl (C=O) groups is 1. The molecule has 1 aromatic carbocycles. The van der Waals surface area contributed by atoms with E-state index in [1.165, 1.54) is 29.4 Å². The van der Waals surface area contributed by atoms with Crippen LogP contribution in [-0.2, 0) is 21.4 Å². The van der Waals surface area contributed by atoms with Gasteiger partial charge in [0.05, 0.1) is 6.54 Å². The molecule has 1 fully saturated rings. The molecule has 11 heteroatoms. The Labute approximate surface area is 219 Å². The number of halogens is 2. The lowest BCUT2D eigenvalue weighted by Crippen LogP contribution is -2.46. The summed E-state index contributed by atoms with van der Waals surface area (Å²) in [6.45, 7) is 6.39. The number of rotatable bonds is 8. The lowest BCUT2D eigenvalue weighted by Gasteiger charge is -2.35. The fraction of sp³-hybridized carbons (Fsp3) is 0.385. The summed E-state index contributed by atoms with van der Waals surface area (Å²) in [6, 6.07) is 7.09. The van der Waals surface area contributed by atoms with Gasteiger partial charge >= 0.3 is 0 Å². The number of aromatic nitrogens is 1. The Hall–Kier alpha value is -2.89. The Morgan fingerprint density at radius 3 is 2.59 bits per heavy atom. The van der Waals surface area contributed by atoms with Gasteiger partial charge in [-0.2, -0.15) is 4.31 Å². The van der Waals surface area contributed by atoms with Crippen LogP contribution in [0.5, 0.6) is 0 Å². The maximum absolute atomic E-state index is 14.0. The first kappa shape index (κ1) is 27.2. The highest BCUT2D eigenvalue weighted by Crippen LogP contribution is 2.30. The van der Waals surface area contributed by atoms with E-state index in [2.05, 4.69) is 5.16 Å². The second-order valence-electron chi connectivity index (χ2n) is 9.28. The number of aryl methyl sites for hydroxylation is 1. The fourth-order valence-electron chi connectivity index (χ4n) is 4.39. The van der Waals surface area contributed by atoms with Gasteiger partial charge in [-0.1, -0.05) is 11.2 Å². The molecular formula is C26H29F2N3O4S2. The Morgan fingerprint density at radius 2 is 1.97 bits per heavy atom. The Kier molecular flexibility index (Phi) is 8.25. The van der Waals surface area contributed by atoms with E-state index in [9.17, 15) is 22.0 Å². The number of thiophene rings is 1. The van der Waals surface area contributed by atoms with E-state index in [1.807, 2.05) is 36.3 Å². The van der Waals surface area contributed by atoms with Gasteiger partial charge in [-0.15, -0.1) is 11.3 Å². The van der Waals surface area contributed by atoms with Gasteiger partial charge in [0.1, 0.15) is 17.3 Å². The number of nitrogens with zero attached hydrogens (tertiary/aromatic N) is 3. The van der Waals surface area contributed by atoms with Crippen molar-refractivity contribution in [2.45, 2.75) is 51.1 Å². The zero-order valence-electron chi connectivity index (χ0n) is 20.9. The number of amides is 1. The molecule has 1 saturated heterocycles. The Morgan fingerprint density at radius 1 is 1.24 bits per heavy atom. The van der Waals surface area contributed by atoms with Gasteiger partial charge in [0, 0.05) is 41.6 Å². The van der Waals surface area contributed by atoms with E-state index in [1.54, 1.807) is 11.3 Å². The third kappa shape index (κ3) is 6.00. The van der Waals surface area contributed by atoms with Crippen LogP contribution in [-0.4, -0.2) is 47.8 Å². The van der Waals surface area contributed by atoms with Crippen LogP contribution in [0.2, 0.25) is 0 Å². The number of hydrogen-bond acceptors (Lipinski definition) is 6. The van der Waals surface area contributed by atoms with Crippen LogP contribution >= 0.6 is 11.3 Å². The normalized spacial score (nSPS) is 15.6. The summed E-state index contributed by atoms with van der Waals surface area (Å²) < 4.78 is 60.8.